The Morgan fingerprint density at radius 1 is 0.875 bits per heavy atom. The minimum absolute atomic E-state index is 0.00788. The third-order valence-corrected chi connectivity index (χ3v) is 1.66. The van der Waals surface area contributed by atoms with Crippen molar-refractivity contribution < 1.29 is 9.47 Å². The van der Waals surface area contributed by atoms with E-state index in [1.54, 1.807) is 0 Å². The maximum absolute atomic E-state index is 5.45. The molecule has 0 saturated heterocycles. The molecule has 0 unspecified atom stereocenters. The lowest BCUT2D eigenvalue weighted by Crippen LogP contribution is -2.19. The minimum atomic E-state index is -0.00788. The molecular weight excluding hydrogens is 224 g/mol. The van der Waals surface area contributed by atoms with Gasteiger partial charge in [0.05, 0.1) is 11.2 Å². The summed E-state index contributed by atoms with van der Waals surface area (Å²) < 4.78 is 10.6. The SMILES string of the molecule is CC(C)(C)OCCCCl.CCOC(C)(C)C. The Morgan fingerprint density at radius 3 is 1.50 bits per heavy atom. The molecule has 0 rings (SSSR count). The van der Waals surface area contributed by atoms with Gasteiger partial charge >= 0.3 is 0 Å². The number of ether oxygens (including phenoxy) is 2. The van der Waals surface area contributed by atoms with Crippen molar-refractivity contribution in [2.75, 3.05) is 19.1 Å². The molecule has 100 valence electrons. The zero-order valence-electron chi connectivity index (χ0n) is 12.0. The van der Waals surface area contributed by atoms with Crippen molar-refractivity contribution in [3.05, 3.63) is 0 Å². The molecule has 0 atom stereocenters. The molecule has 0 fully saturated rings. The first-order valence-electron chi connectivity index (χ1n) is 5.96. The van der Waals surface area contributed by atoms with Gasteiger partial charge in [0, 0.05) is 19.1 Å². The Labute approximate surface area is 107 Å². The Kier molecular flexibility index (Phi) is 10.8. The van der Waals surface area contributed by atoms with E-state index in [1.165, 1.54) is 0 Å². The van der Waals surface area contributed by atoms with Crippen LogP contribution in [0.15, 0.2) is 0 Å². The highest BCUT2D eigenvalue weighted by atomic mass is 35.5. The summed E-state index contributed by atoms with van der Waals surface area (Å²) in [6.07, 6.45) is 0.943. The number of rotatable bonds is 4. The van der Waals surface area contributed by atoms with E-state index in [2.05, 4.69) is 20.8 Å². The molecule has 2 nitrogen and oxygen atoms in total. The monoisotopic (exact) mass is 252 g/mol. The van der Waals surface area contributed by atoms with Crippen LogP contribution in [0, 0.1) is 0 Å². The predicted molar refractivity (Wildman–Crippen MR) is 72.4 cm³/mol. The molecule has 0 saturated carbocycles. The Hall–Kier alpha value is 0.210. The standard InChI is InChI=1S/C7H15ClO.C6H14O/c1-7(2,3)9-6-4-5-8;1-5-7-6(2,3)4/h4-6H2,1-3H3;5H2,1-4H3. The third kappa shape index (κ3) is 23.8. The van der Waals surface area contributed by atoms with Crippen LogP contribution in [0.25, 0.3) is 0 Å². The first-order chi connectivity index (χ1) is 7.12. The molecule has 0 amide bonds. The van der Waals surface area contributed by atoms with E-state index in [0.717, 1.165) is 19.6 Å². The van der Waals surface area contributed by atoms with E-state index in [0.29, 0.717) is 5.88 Å². The van der Waals surface area contributed by atoms with Crippen LogP contribution in [0.1, 0.15) is 54.9 Å². The predicted octanol–water partition coefficient (Wildman–Crippen LogP) is 4.25. The summed E-state index contributed by atoms with van der Waals surface area (Å²) in [4.78, 5) is 0. The Balaban J connectivity index is 0. The van der Waals surface area contributed by atoms with E-state index in [9.17, 15) is 0 Å². The first kappa shape index (κ1) is 18.6. The van der Waals surface area contributed by atoms with Gasteiger partial charge in [0.2, 0.25) is 0 Å². The van der Waals surface area contributed by atoms with E-state index < -0.39 is 0 Å². The molecule has 0 spiro atoms. The van der Waals surface area contributed by atoms with Crippen molar-refractivity contribution in [3.8, 4) is 0 Å². The van der Waals surface area contributed by atoms with Gasteiger partial charge in [-0.1, -0.05) is 0 Å². The van der Waals surface area contributed by atoms with Crippen molar-refractivity contribution in [2.24, 2.45) is 0 Å². The van der Waals surface area contributed by atoms with E-state index in [4.69, 9.17) is 21.1 Å². The van der Waals surface area contributed by atoms with Crippen molar-refractivity contribution in [1.29, 1.82) is 0 Å². The van der Waals surface area contributed by atoms with E-state index >= 15 is 0 Å². The van der Waals surface area contributed by atoms with Gasteiger partial charge in [-0.05, 0) is 54.9 Å². The van der Waals surface area contributed by atoms with Gasteiger partial charge < -0.3 is 9.47 Å². The quantitative estimate of drug-likeness (QED) is 0.550. The summed E-state index contributed by atoms with van der Waals surface area (Å²) in [6.45, 7) is 15.9. The highest BCUT2D eigenvalue weighted by molar-refractivity contribution is 6.17. The summed E-state index contributed by atoms with van der Waals surface area (Å²) >= 11 is 5.45. The van der Waals surface area contributed by atoms with E-state index in [-0.39, 0.29) is 11.2 Å². The minimum Gasteiger partial charge on any atom is -0.376 e. The summed E-state index contributed by atoms with van der Waals surface area (Å²) in [5.74, 6) is 0.691. The van der Waals surface area contributed by atoms with Gasteiger partial charge in [-0.15, -0.1) is 11.6 Å². The summed E-state index contributed by atoms with van der Waals surface area (Å²) in [5, 5.41) is 0. The van der Waals surface area contributed by atoms with Gasteiger partial charge in [0.1, 0.15) is 0 Å². The average molecular weight is 253 g/mol. The maximum atomic E-state index is 5.45. The molecule has 0 bridgehead atoms. The molecule has 0 heterocycles. The summed E-state index contributed by atoms with van der Waals surface area (Å²) in [6, 6.07) is 0. The number of hydrogen-bond acceptors (Lipinski definition) is 2. The fourth-order valence-electron chi connectivity index (χ4n) is 0.866. The summed E-state index contributed by atoms with van der Waals surface area (Å²) in [7, 11) is 0. The smallest absolute Gasteiger partial charge is 0.0598 e. The fraction of sp³-hybridized carbons (Fsp3) is 1.00. The van der Waals surface area contributed by atoms with Crippen LogP contribution in [0.5, 0.6) is 0 Å². The van der Waals surface area contributed by atoms with Gasteiger partial charge in [-0.2, -0.15) is 0 Å². The van der Waals surface area contributed by atoms with Crippen LogP contribution in [-0.4, -0.2) is 30.3 Å². The molecule has 0 aromatic rings. The second kappa shape index (κ2) is 9.26. The lowest BCUT2D eigenvalue weighted by atomic mass is 10.2. The lowest BCUT2D eigenvalue weighted by Gasteiger charge is -2.18. The molecule has 3 heteroatoms. The molecule has 16 heavy (non-hydrogen) atoms. The zero-order valence-corrected chi connectivity index (χ0v) is 12.8. The largest absolute Gasteiger partial charge is 0.376 e. The lowest BCUT2D eigenvalue weighted by molar-refractivity contribution is -0.00208. The molecule has 0 aliphatic heterocycles. The van der Waals surface area contributed by atoms with Crippen molar-refractivity contribution >= 4 is 11.6 Å². The number of hydrogen-bond donors (Lipinski definition) is 0. The van der Waals surface area contributed by atoms with Gasteiger partial charge in [0.15, 0.2) is 0 Å². The van der Waals surface area contributed by atoms with Crippen LogP contribution < -0.4 is 0 Å². The number of alkyl halides is 1. The van der Waals surface area contributed by atoms with Gasteiger partial charge in [-0.3, -0.25) is 0 Å². The van der Waals surface area contributed by atoms with Crippen LogP contribution in [0.3, 0.4) is 0 Å². The Morgan fingerprint density at radius 2 is 1.31 bits per heavy atom. The third-order valence-electron chi connectivity index (χ3n) is 1.39. The first-order valence-corrected chi connectivity index (χ1v) is 6.49. The molecule has 0 aromatic carbocycles. The van der Waals surface area contributed by atoms with Crippen molar-refractivity contribution in [2.45, 2.75) is 66.1 Å². The van der Waals surface area contributed by atoms with Crippen molar-refractivity contribution in [1.82, 2.24) is 0 Å². The highest BCUT2D eigenvalue weighted by Gasteiger charge is 2.08. The van der Waals surface area contributed by atoms with E-state index in [1.807, 2.05) is 27.7 Å². The normalized spacial score (nSPS) is 12.0. The van der Waals surface area contributed by atoms with Crippen LogP contribution in [0.2, 0.25) is 0 Å². The van der Waals surface area contributed by atoms with Crippen LogP contribution in [0.4, 0.5) is 0 Å². The average Bonchev–Trinajstić information content (AvgIpc) is 2.01. The van der Waals surface area contributed by atoms with Gasteiger partial charge in [0.25, 0.3) is 0 Å². The maximum Gasteiger partial charge on any atom is 0.0598 e. The molecule has 0 radical (unpaired) electrons. The van der Waals surface area contributed by atoms with Gasteiger partial charge in [-0.25, -0.2) is 0 Å². The summed E-state index contributed by atoms with van der Waals surface area (Å²) in [5.41, 5.74) is 0.0425. The molecule has 0 aliphatic carbocycles. The zero-order chi connectivity index (χ0) is 13.2. The second-order valence-electron chi connectivity index (χ2n) is 5.55. The van der Waals surface area contributed by atoms with Crippen LogP contribution >= 0.6 is 11.6 Å². The molecule has 0 aliphatic rings. The fourth-order valence-corrected chi connectivity index (χ4v) is 0.975. The highest BCUT2D eigenvalue weighted by Crippen LogP contribution is 2.06. The topological polar surface area (TPSA) is 18.5 Å². The Bertz CT molecular complexity index is 145. The van der Waals surface area contributed by atoms with Crippen LogP contribution in [-0.2, 0) is 9.47 Å². The van der Waals surface area contributed by atoms with Crippen molar-refractivity contribution in [3.63, 3.8) is 0 Å². The molecule has 0 N–H and O–H groups in total. The molecule has 0 aromatic heterocycles. The second-order valence-corrected chi connectivity index (χ2v) is 5.93. The molecular formula is C13H29ClO2. The number of halogens is 1.